The molecular formula is C88H76N2O4S2. The molecule has 0 N–H and O–H groups in total. The van der Waals surface area contributed by atoms with Gasteiger partial charge >= 0.3 is 0 Å². The molecule has 2 aliphatic rings. The summed E-state index contributed by atoms with van der Waals surface area (Å²) in [5.41, 5.74) is 21.8. The molecule has 0 heterocycles. The van der Waals surface area contributed by atoms with Crippen molar-refractivity contribution >= 4 is 57.6 Å². The van der Waals surface area contributed by atoms with Gasteiger partial charge in [0.2, 0.25) is 0 Å². The highest BCUT2D eigenvalue weighted by Gasteiger charge is 2.48. The zero-order valence-corrected chi connectivity index (χ0v) is 55.9. The fourth-order valence-electron chi connectivity index (χ4n) is 14.3. The predicted octanol–water partition coefficient (Wildman–Crippen LogP) is 22.4. The topological polar surface area (TPSA) is 43.4 Å². The first-order chi connectivity index (χ1) is 47.4. The lowest BCUT2D eigenvalue weighted by Gasteiger charge is -2.35. The van der Waals surface area contributed by atoms with Gasteiger partial charge in [0.05, 0.1) is 24.0 Å². The van der Waals surface area contributed by atoms with E-state index in [-0.39, 0.29) is 0 Å². The van der Waals surface area contributed by atoms with Crippen molar-refractivity contribution < 1.29 is 18.9 Å². The van der Waals surface area contributed by atoms with Gasteiger partial charge in [-0.05, 0) is 213 Å². The average Bonchev–Trinajstić information content (AvgIpc) is 1.53. The lowest BCUT2D eigenvalue weighted by molar-refractivity contribution is 0.110. The van der Waals surface area contributed by atoms with E-state index >= 15 is 0 Å². The van der Waals surface area contributed by atoms with Crippen molar-refractivity contribution in [3.63, 3.8) is 0 Å². The van der Waals surface area contributed by atoms with Crippen molar-refractivity contribution in [2.45, 2.75) is 34.5 Å². The minimum Gasteiger partial charge on any atom is -0.491 e. The van der Waals surface area contributed by atoms with Gasteiger partial charge in [0.15, 0.2) is 0 Å². The lowest BCUT2D eigenvalue weighted by atomic mass is 9.67. The molecule has 6 nitrogen and oxygen atoms in total. The Balaban J connectivity index is 0.827. The Bertz CT molecular complexity index is 4340. The molecule has 0 aliphatic heterocycles. The number of thioether (sulfide) groups is 2. The molecule has 8 heteroatoms. The molecule has 2 unspecified atom stereocenters. The molecule has 0 saturated heterocycles. The summed E-state index contributed by atoms with van der Waals surface area (Å²) in [7, 11) is 0. The minimum atomic E-state index is -0.649. The third kappa shape index (κ3) is 12.2. The summed E-state index contributed by atoms with van der Waals surface area (Å²) in [5.74, 6) is 3.31. The van der Waals surface area contributed by atoms with Crippen molar-refractivity contribution in [3.05, 3.63) is 361 Å². The maximum atomic E-state index is 6.21. The first-order valence-corrected chi connectivity index (χ1v) is 35.1. The second-order valence-corrected chi connectivity index (χ2v) is 26.1. The highest BCUT2D eigenvalue weighted by atomic mass is 32.2. The van der Waals surface area contributed by atoms with Crippen LogP contribution in [0.3, 0.4) is 0 Å². The summed E-state index contributed by atoms with van der Waals surface area (Å²) in [5, 5.41) is 0. The molecule has 0 fully saturated rings. The second-order valence-electron chi connectivity index (χ2n) is 23.9. The van der Waals surface area contributed by atoms with Crippen molar-refractivity contribution in [1.82, 2.24) is 0 Å². The third-order valence-corrected chi connectivity index (χ3v) is 20.5. The number of ether oxygens (including phenoxy) is 4. The van der Waals surface area contributed by atoms with Crippen LogP contribution in [0.5, 0.6) is 11.5 Å². The summed E-state index contributed by atoms with van der Waals surface area (Å²) in [4.78, 5) is 7.19. The van der Waals surface area contributed by atoms with E-state index in [0.717, 1.165) is 79.4 Å². The Labute approximate surface area is 574 Å². The smallest absolute Gasteiger partial charge is 0.119 e. The van der Waals surface area contributed by atoms with Gasteiger partial charge in [0.25, 0.3) is 0 Å². The van der Waals surface area contributed by atoms with Crippen molar-refractivity contribution in [3.8, 4) is 44.9 Å². The van der Waals surface area contributed by atoms with E-state index in [1.807, 2.05) is 26.0 Å². The molecule has 0 saturated carbocycles. The molecule has 12 aromatic carbocycles. The maximum Gasteiger partial charge on any atom is 0.119 e. The SMILES string of the molecule is C=CCSc1ccc(C2(c3ccc(OCCOCC)cc3)c3ccccc3-c3ccc(N(c4ccccc4)c4ccc(-c5ccc(N(c6ccccc6)c6ccc7c(c6)C(c6ccc(OCCOCC)cc6)(c6ccc(SCC=C)cc6)c6ccccc6-7)cc5)cc4)cc32)cc1. The van der Waals surface area contributed by atoms with Gasteiger partial charge in [0.1, 0.15) is 24.7 Å². The molecule has 96 heavy (non-hydrogen) atoms. The highest BCUT2D eigenvalue weighted by molar-refractivity contribution is 7.99. The minimum absolute atomic E-state index is 0.486. The molecule has 0 radical (unpaired) electrons. The largest absolute Gasteiger partial charge is 0.491 e. The van der Waals surface area contributed by atoms with Gasteiger partial charge in [-0.25, -0.2) is 0 Å². The summed E-state index contributed by atoms with van der Waals surface area (Å²) in [6, 6.07) is 107. The third-order valence-electron chi connectivity index (χ3n) is 18.5. The Morgan fingerprint density at radius 2 is 0.646 bits per heavy atom. The zero-order valence-electron chi connectivity index (χ0n) is 54.3. The number of hydrogen-bond acceptors (Lipinski definition) is 8. The van der Waals surface area contributed by atoms with Crippen molar-refractivity contribution in [2.75, 3.05) is 60.9 Å². The quantitative estimate of drug-likeness (QED) is 0.0287. The van der Waals surface area contributed by atoms with Crippen LogP contribution in [0.25, 0.3) is 33.4 Å². The molecule has 474 valence electrons. The van der Waals surface area contributed by atoms with Gasteiger partial charge in [0, 0.05) is 68.6 Å². The van der Waals surface area contributed by atoms with E-state index in [1.54, 1.807) is 23.5 Å². The zero-order chi connectivity index (χ0) is 65.3. The molecule has 12 aromatic rings. The van der Waals surface area contributed by atoms with Crippen LogP contribution in [0, 0.1) is 0 Å². The highest BCUT2D eigenvalue weighted by Crippen LogP contribution is 2.60. The standard InChI is InChI=1S/C88H76N2O4S2/c1-5-59-95-77-49-35-67(36-50-77)87(65-31-45-75(46-32-65)93-57-55-91-7-3)83-25-17-15-23-79(83)81-53-43-73(61-85(81)87)89(69-19-11-9-12-20-69)71-39-27-63(28-40-71)64-29-41-72(42-30-64)90(70-21-13-10-14-22-70)74-44-54-82-80-24-16-18-26-84(80)88(86(82)62-74,68-37-51-78(52-38-68)96-60-6-2)66-33-47-76(48-34-66)94-58-56-92-8-4/h5-6,9-54,61-62H,1-2,7-8,55-60H2,3-4H3. The predicted molar refractivity (Wildman–Crippen MR) is 402 cm³/mol. The first kappa shape index (κ1) is 63.3. The Kier molecular flexibility index (Phi) is 19.1. The normalized spacial score (nSPS) is 14.8. The Morgan fingerprint density at radius 1 is 0.323 bits per heavy atom. The summed E-state index contributed by atoms with van der Waals surface area (Å²) in [6.45, 7) is 15.4. The number of benzene rings is 12. The molecule has 2 aliphatic carbocycles. The monoisotopic (exact) mass is 1290 g/mol. The van der Waals surface area contributed by atoms with Crippen LogP contribution in [0.4, 0.5) is 34.1 Å². The van der Waals surface area contributed by atoms with E-state index in [4.69, 9.17) is 18.9 Å². The maximum absolute atomic E-state index is 6.21. The molecule has 2 atom stereocenters. The van der Waals surface area contributed by atoms with Crippen molar-refractivity contribution in [2.24, 2.45) is 0 Å². The average molecular weight is 1290 g/mol. The summed E-state index contributed by atoms with van der Waals surface area (Å²) < 4.78 is 23.7. The number of rotatable bonds is 27. The molecular weight excluding hydrogens is 1210 g/mol. The van der Waals surface area contributed by atoms with Gasteiger partial charge < -0.3 is 28.7 Å². The van der Waals surface area contributed by atoms with Crippen LogP contribution in [-0.4, -0.2) is 51.1 Å². The van der Waals surface area contributed by atoms with Crippen molar-refractivity contribution in [1.29, 1.82) is 0 Å². The van der Waals surface area contributed by atoms with Crippen LogP contribution in [-0.2, 0) is 20.3 Å². The molecule has 0 amide bonds. The van der Waals surface area contributed by atoms with E-state index < -0.39 is 10.8 Å². The number of para-hydroxylation sites is 2. The van der Waals surface area contributed by atoms with Crippen LogP contribution in [0.1, 0.15) is 58.4 Å². The van der Waals surface area contributed by atoms with Gasteiger partial charge in [-0.2, -0.15) is 0 Å². The second kappa shape index (κ2) is 28.9. The number of fused-ring (bicyclic) bond motifs is 6. The van der Waals surface area contributed by atoms with Crippen LogP contribution >= 0.6 is 23.5 Å². The Morgan fingerprint density at radius 3 is 1.01 bits per heavy atom. The number of anilines is 6. The number of nitrogens with zero attached hydrogens (tertiary/aromatic N) is 2. The van der Waals surface area contributed by atoms with E-state index in [1.165, 1.54) is 65.4 Å². The van der Waals surface area contributed by atoms with Crippen LogP contribution in [0.2, 0.25) is 0 Å². The van der Waals surface area contributed by atoms with E-state index in [9.17, 15) is 0 Å². The molecule has 14 rings (SSSR count). The lowest BCUT2D eigenvalue weighted by Crippen LogP contribution is -2.29. The van der Waals surface area contributed by atoms with Gasteiger partial charge in [-0.1, -0.05) is 182 Å². The summed E-state index contributed by atoms with van der Waals surface area (Å²) >= 11 is 3.59. The fourth-order valence-corrected chi connectivity index (χ4v) is 15.6. The van der Waals surface area contributed by atoms with Gasteiger partial charge in [-0.3, -0.25) is 0 Å². The van der Waals surface area contributed by atoms with Crippen LogP contribution in [0.15, 0.2) is 326 Å². The first-order valence-electron chi connectivity index (χ1n) is 33.1. The van der Waals surface area contributed by atoms with E-state index in [0.29, 0.717) is 39.6 Å². The Hall–Kier alpha value is -10.1. The summed E-state index contributed by atoms with van der Waals surface area (Å²) in [6.07, 6.45) is 3.92. The van der Waals surface area contributed by atoms with Crippen LogP contribution < -0.4 is 19.3 Å². The number of hydrogen-bond donors (Lipinski definition) is 0. The van der Waals surface area contributed by atoms with E-state index in [2.05, 4.69) is 314 Å². The molecule has 0 spiro atoms. The molecule has 0 aromatic heterocycles. The fraction of sp³-hybridized carbons (Fsp3) is 0.136. The van der Waals surface area contributed by atoms with Gasteiger partial charge in [-0.15, -0.1) is 36.7 Å². The molecule has 0 bridgehead atoms.